The minimum absolute atomic E-state index is 0.0384. The van der Waals surface area contributed by atoms with E-state index in [0.29, 0.717) is 41.0 Å². The Hall–Kier alpha value is -4.09. The number of benzene rings is 1. The van der Waals surface area contributed by atoms with Crippen molar-refractivity contribution in [1.82, 2.24) is 19.9 Å². The lowest BCUT2D eigenvalue weighted by molar-refractivity contribution is -0.236. The van der Waals surface area contributed by atoms with E-state index < -0.39 is 17.7 Å². The smallest absolute Gasteiger partial charge is 0.314 e. The molecule has 180 valence electrons. The molecule has 3 aromatic heterocycles. The topological polar surface area (TPSA) is 135 Å². The maximum Gasteiger partial charge on any atom is 0.314 e. The van der Waals surface area contributed by atoms with Crippen LogP contribution in [0.4, 0.5) is 10.3 Å². The van der Waals surface area contributed by atoms with Gasteiger partial charge in [0.1, 0.15) is 17.0 Å². The van der Waals surface area contributed by atoms with Crippen molar-refractivity contribution in [3.05, 3.63) is 72.3 Å². The first kappa shape index (κ1) is 22.7. The fourth-order valence-electron chi connectivity index (χ4n) is 3.56. The van der Waals surface area contributed by atoms with Crippen molar-refractivity contribution < 1.29 is 28.2 Å². The van der Waals surface area contributed by atoms with Crippen LogP contribution in [0.25, 0.3) is 22.6 Å². The van der Waals surface area contributed by atoms with Gasteiger partial charge in [0.2, 0.25) is 12.2 Å². The highest BCUT2D eigenvalue weighted by Gasteiger charge is 2.41. The van der Waals surface area contributed by atoms with Gasteiger partial charge in [-0.2, -0.15) is 0 Å². The highest BCUT2D eigenvalue weighted by molar-refractivity contribution is 5.77. The first-order valence-corrected chi connectivity index (χ1v) is 10.8. The van der Waals surface area contributed by atoms with Crippen LogP contribution in [-0.2, 0) is 20.8 Å². The van der Waals surface area contributed by atoms with Gasteiger partial charge in [-0.25, -0.2) is 19.3 Å². The Morgan fingerprint density at radius 3 is 2.66 bits per heavy atom. The molecule has 0 spiro atoms. The SMILES string of the molecule is CC1(C(=O)O)COC(c2nc(-c3ccc(F)cc3)c(-c3ccnc(NCc4ccco4)n3)[nH]2)OC1. The van der Waals surface area contributed by atoms with Gasteiger partial charge in [-0.1, -0.05) is 0 Å². The van der Waals surface area contributed by atoms with Crippen molar-refractivity contribution in [2.75, 3.05) is 18.5 Å². The summed E-state index contributed by atoms with van der Waals surface area (Å²) in [5, 5.41) is 12.5. The third-order valence-corrected chi connectivity index (χ3v) is 5.60. The Morgan fingerprint density at radius 2 is 1.97 bits per heavy atom. The highest BCUT2D eigenvalue weighted by Crippen LogP contribution is 2.35. The molecule has 0 radical (unpaired) electrons. The monoisotopic (exact) mass is 479 g/mol. The lowest BCUT2D eigenvalue weighted by atomic mass is 9.92. The fraction of sp³-hybridized carbons (Fsp3) is 0.250. The normalized spacial score (nSPS) is 20.0. The molecular weight excluding hydrogens is 457 g/mol. The molecule has 1 aromatic carbocycles. The van der Waals surface area contributed by atoms with Gasteiger partial charge in [0.15, 0.2) is 5.82 Å². The molecule has 5 rings (SSSR count). The predicted octanol–water partition coefficient (Wildman–Crippen LogP) is 4.01. The van der Waals surface area contributed by atoms with E-state index in [-0.39, 0.29) is 19.0 Å². The molecule has 1 fully saturated rings. The van der Waals surface area contributed by atoms with Crippen molar-refractivity contribution in [2.24, 2.45) is 5.41 Å². The minimum Gasteiger partial charge on any atom is -0.481 e. The molecular formula is C24H22FN5O5. The second kappa shape index (κ2) is 9.28. The number of aromatic nitrogens is 4. The maximum absolute atomic E-state index is 13.6. The minimum atomic E-state index is -1.15. The molecule has 4 aromatic rings. The first-order chi connectivity index (χ1) is 16.9. The molecule has 0 aliphatic carbocycles. The van der Waals surface area contributed by atoms with Crippen LogP contribution in [0.15, 0.2) is 59.3 Å². The number of H-pyrrole nitrogens is 1. The molecule has 1 saturated heterocycles. The summed E-state index contributed by atoms with van der Waals surface area (Å²) < 4.78 is 30.3. The van der Waals surface area contributed by atoms with E-state index in [9.17, 15) is 14.3 Å². The highest BCUT2D eigenvalue weighted by atomic mass is 19.1. The number of halogens is 1. The van der Waals surface area contributed by atoms with Crippen LogP contribution in [0.3, 0.4) is 0 Å². The second-order valence-corrected chi connectivity index (χ2v) is 8.37. The molecule has 0 saturated carbocycles. The number of furan rings is 1. The molecule has 10 nitrogen and oxygen atoms in total. The number of carboxylic acid groups (broad SMARTS) is 1. The summed E-state index contributed by atoms with van der Waals surface area (Å²) in [7, 11) is 0. The van der Waals surface area contributed by atoms with Crippen LogP contribution in [0.1, 0.15) is 24.8 Å². The number of ether oxygens (including phenoxy) is 2. The number of imidazole rings is 1. The van der Waals surface area contributed by atoms with E-state index in [1.807, 2.05) is 6.07 Å². The number of hydrogen-bond acceptors (Lipinski definition) is 8. The number of hydrogen-bond donors (Lipinski definition) is 3. The van der Waals surface area contributed by atoms with Gasteiger partial charge in [-0.15, -0.1) is 0 Å². The summed E-state index contributed by atoms with van der Waals surface area (Å²) in [6.07, 6.45) is 2.30. The Morgan fingerprint density at radius 1 is 1.20 bits per heavy atom. The van der Waals surface area contributed by atoms with Crippen molar-refractivity contribution in [3.8, 4) is 22.6 Å². The largest absolute Gasteiger partial charge is 0.481 e. The number of nitrogens with one attached hydrogen (secondary N) is 2. The van der Waals surface area contributed by atoms with Gasteiger partial charge in [0.05, 0.1) is 43.1 Å². The van der Waals surface area contributed by atoms with Crippen LogP contribution in [0, 0.1) is 11.2 Å². The molecule has 0 amide bonds. The average molecular weight is 479 g/mol. The summed E-state index contributed by atoms with van der Waals surface area (Å²) in [5.74, 6) is 0.0795. The zero-order valence-corrected chi connectivity index (χ0v) is 18.7. The summed E-state index contributed by atoms with van der Waals surface area (Å²) in [4.78, 5) is 28.2. The third kappa shape index (κ3) is 4.77. The van der Waals surface area contributed by atoms with Gasteiger partial charge in [-0.05, 0) is 49.4 Å². The van der Waals surface area contributed by atoms with E-state index >= 15 is 0 Å². The summed E-state index contributed by atoms with van der Waals surface area (Å²) >= 11 is 0. The van der Waals surface area contributed by atoms with Crippen LogP contribution >= 0.6 is 0 Å². The lowest BCUT2D eigenvalue weighted by Gasteiger charge is -2.33. The Kier molecular flexibility index (Phi) is 6.01. The molecule has 11 heteroatoms. The van der Waals surface area contributed by atoms with Crippen LogP contribution < -0.4 is 5.32 Å². The average Bonchev–Trinajstić information content (AvgIpc) is 3.54. The predicted molar refractivity (Wildman–Crippen MR) is 121 cm³/mol. The standard InChI is InChI=1S/C24H22FN5O5/c1-24(22(31)32)12-34-21(35-13-24)20-29-18(14-4-6-15(25)7-5-14)19(30-20)17-8-9-26-23(28-17)27-11-16-3-2-10-33-16/h2-10,21H,11-13H2,1H3,(H,29,30)(H,31,32)(H,26,27,28). The van der Waals surface area contributed by atoms with Gasteiger partial charge in [0, 0.05) is 11.8 Å². The molecule has 0 atom stereocenters. The third-order valence-electron chi connectivity index (χ3n) is 5.60. The summed E-state index contributed by atoms with van der Waals surface area (Å²) in [6.45, 7) is 1.88. The van der Waals surface area contributed by atoms with Crippen molar-refractivity contribution in [2.45, 2.75) is 19.8 Å². The number of carboxylic acids is 1. The first-order valence-electron chi connectivity index (χ1n) is 10.8. The Labute approximate surface area is 199 Å². The number of carbonyl (C=O) groups is 1. The molecule has 0 bridgehead atoms. The number of aliphatic carboxylic acids is 1. The fourth-order valence-corrected chi connectivity index (χ4v) is 3.56. The van der Waals surface area contributed by atoms with Gasteiger partial charge in [0.25, 0.3) is 0 Å². The number of anilines is 1. The Bertz CT molecular complexity index is 1310. The van der Waals surface area contributed by atoms with E-state index in [4.69, 9.17) is 13.9 Å². The van der Waals surface area contributed by atoms with E-state index in [0.717, 1.165) is 5.76 Å². The summed E-state index contributed by atoms with van der Waals surface area (Å²) in [6, 6.07) is 11.3. The lowest BCUT2D eigenvalue weighted by Crippen LogP contribution is -2.42. The van der Waals surface area contributed by atoms with Crippen molar-refractivity contribution >= 4 is 11.9 Å². The van der Waals surface area contributed by atoms with E-state index in [2.05, 4.69) is 25.3 Å². The molecule has 1 aliphatic heterocycles. The molecule has 0 unspecified atom stereocenters. The van der Waals surface area contributed by atoms with E-state index in [1.54, 1.807) is 43.6 Å². The van der Waals surface area contributed by atoms with Crippen LogP contribution in [0.2, 0.25) is 0 Å². The number of nitrogens with zero attached hydrogens (tertiary/aromatic N) is 3. The molecule has 3 N–H and O–H groups in total. The van der Waals surface area contributed by atoms with Crippen LogP contribution in [0.5, 0.6) is 0 Å². The van der Waals surface area contributed by atoms with Crippen molar-refractivity contribution in [1.29, 1.82) is 0 Å². The molecule has 35 heavy (non-hydrogen) atoms. The molecule has 4 heterocycles. The second-order valence-electron chi connectivity index (χ2n) is 8.37. The summed E-state index contributed by atoms with van der Waals surface area (Å²) in [5.41, 5.74) is 1.10. The number of aromatic amines is 1. The van der Waals surface area contributed by atoms with Crippen LogP contribution in [-0.4, -0.2) is 44.2 Å². The number of rotatable bonds is 7. The van der Waals surface area contributed by atoms with E-state index in [1.165, 1.54) is 12.1 Å². The van der Waals surface area contributed by atoms with Gasteiger partial charge in [-0.3, -0.25) is 4.79 Å². The van der Waals surface area contributed by atoms with Crippen molar-refractivity contribution in [3.63, 3.8) is 0 Å². The van der Waals surface area contributed by atoms with Gasteiger partial charge < -0.3 is 29.3 Å². The quantitative estimate of drug-likeness (QED) is 0.359. The maximum atomic E-state index is 13.6. The molecule has 1 aliphatic rings. The Balaban J connectivity index is 1.46. The zero-order chi connectivity index (χ0) is 24.4. The van der Waals surface area contributed by atoms with Gasteiger partial charge >= 0.3 is 5.97 Å². The zero-order valence-electron chi connectivity index (χ0n) is 18.7.